The summed E-state index contributed by atoms with van der Waals surface area (Å²) in [6, 6.07) is 0. The molecule has 1 saturated carbocycles. The highest BCUT2D eigenvalue weighted by atomic mass is 32.1. The van der Waals surface area contributed by atoms with Crippen molar-refractivity contribution in [3.05, 3.63) is 10.8 Å². The SMILES string of the molecule is CC(C(=O)O)c1nc(C2CC2)ns1. The minimum atomic E-state index is -0.835. The van der Waals surface area contributed by atoms with Gasteiger partial charge in [-0.2, -0.15) is 4.37 Å². The second-order valence-electron chi connectivity index (χ2n) is 3.33. The molecule has 1 fully saturated rings. The Morgan fingerprint density at radius 1 is 1.69 bits per heavy atom. The summed E-state index contributed by atoms with van der Waals surface area (Å²) in [6.45, 7) is 1.64. The first kappa shape index (κ1) is 8.62. The second kappa shape index (κ2) is 3.06. The van der Waals surface area contributed by atoms with E-state index in [1.54, 1.807) is 6.92 Å². The van der Waals surface area contributed by atoms with Crippen LogP contribution in [0.5, 0.6) is 0 Å². The van der Waals surface area contributed by atoms with Crippen LogP contribution < -0.4 is 0 Å². The van der Waals surface area contributed by atoms with Gasteiger partial charge in [0.25, 0.3) is 0 Å². The van der Waals surface area contributed by atoms with Crippen LogP contribution in [0.1, 0.15) is 42.4 Å². The Labute approximate surface area is 79.8 Å². The Morgan fingerprint density at radius 3 is 2.92 bits per heavy atom. The maximum atomic E-state index is 10.6. The number of hydrogen-bond acceptors (Lipinski definition) is 4. The van der Waals surface area contributed by atoms with Gasteiger partial charge < -0.3 is 5.11 Å². The summed E-state index contributed by atoms with van der Waals surface area (Å²) in [5.41, 5.74) is 0. The summed E-state index contributed by atoms with van der Waals surface area (Å²) in [5, 5.41) is 9.36. The zero-order valence-corrected chi connectivity index (χ0v) is 8.04. The number of carbonyl (C=O) groups is 1. The van der Waals surface area contributed by atoms with Gasteiger partial charge in [-0.25, -0.2) is 4.98 Å². The topological polar surface area (TPSA) is 63.1 Å². The summed E-state index contributed by atoms with van der Waals surface area (Å²) in [7, 11) is 0. The molecule has 0 saturated heterocycles. The first-order valence-electron chi connectivity index (χ1n) is 4.25. The van der Waals surface area contributed by atoms with Gasteiger partial charge in [0, 0.05) is 5.92 Å². The zero-order valence-electron chi connectivity index (χ0n) is 7.23. The van der Waals surface area contributed by atoms with Crippen molar-refractivity contribution in [2.75, 3.05) is 0 Å². The Hall–Kier alpha value is -0.970. The smallest absolute Gasteiger partial charge is 0.313 e. The molecular weight excluding hydrogens is 188 g/mol. The fourth-order valence-electron chi connectivity index (χ4n) is 1.04. The summed E-state index contributed by atoms with van der Waals surface area (Å²) < 4.78 is 4.15. The van der Waals surface area contributed by atoms with Crippen molar-refractivity contribution in [1.82, 2.24) is 9.36 Å². The summed E-state index contributed by atoms with van der Waals surface area (Å²) in [4.78, 5) is 14.9. The van der Waals surface area contributed by atoms with Crippen LogP contribution in [0.15, 0.2) is 0 Å². The number of carboxylic acids is 1. The number of aliphatic carboxylic acids is 1. The minimum absolute atomic E-state index is 0.506. The molecule has 1 aliphatic carbocycles. The molecule has 0 aromatic carbocycles. The van der Waals surface area contributed by atoms with Gasteiger partial charge in [0.05, 0.1) is 0 Å². The lowest BCUT2D eigenvalue weighted by Crippen LogP contribution is -2.06. The van der Waals surface area contributed by atoms with Crippen molar-refractivity contribution in [2.45, 2.75) is 31.6 Å². The van der Waals surface area contributed by atoms with Gasteiger partial charge in [-0.15, -0.1) is 0 Å². The molecule has 0 amide bonds. The van der Waals surface area contributed by atoms with E-state index in [0.29, 0.717) is 10.9 Å². The first-order valence-corrected chi connectivity index (χ1v) is 5.02. The molecule has 0 radical (unpaired) electrons. The van der Waals surface area contributed by atoms with E-state index in [1.165, 1.54) is 11.5 Å². The third-order valence-corrected chi connectivity index (χ3v) is 3.05. The van der Waals surface area contributed by atoms with Crippen LogP contribution in [0.2, 0.25) is 0 Å². The molecule has 1 aromatic rings. The molecule has 2 rings (SSSR count). The Kier molecular flexibility index (Phi) is 2.03. The summed E-state index contributed by atoms with van der Waals surface area (Å²) >= 11 is 1.21. The molecule has 1 N–H and O–H groups in total. The number of rotatable bonds is 3. The molecule has 13 heavy (non-hydrogen) atoms. The van der Waals surface area contributed by atoms with Crippen molar-refractivity contribution >= 4 is 17.5 Å². The van der Waals surface area contributed by atoms with Gasteiger partial charge in [-0.1, -0.05) is 0 Å². The van der Waals surface area contributed by atoms with Gasteiger partial charge in [-0.05, 0) is 31.3 Å². The van der Waals surface area contributed by atoms with Gasteiger partial charge in [0.1, 0.15) is 16.7 Å². The Bertz CT molecular complexity index is 333. The third-order valence-electron chi connectivity index (χ3n) is 2.14. The van der Waals surface area contributed by atoms with Gasteiger partial charge >= 0.3 is 5.97 Å². The van der Waals surface area contributed by atoms with Crippen molar-refractivity contribution in [3.8, 4) is 0 Å². The highest BCUT2D eigenvalue weighted by Gasteiger charge is 2.29. The van der Waals surface area contributed by atoms with E-state index >= 15 is 0 Å². The average molecular weight is 198 g/mol. The molecular formula is C8H10N2O2S. The molecule has 70 valence electrons. The van der Waals surface area contributed by atoms with Crippen molar-refractivity contribution in [3.63, 3.8) is 0 Å². The minimum Gasteiger partial charge on any atom is -0.481 e. The van der Waals surface area contributed by atoms with E-state index in [0.717, 1.165) is 18.7 Å². The van der Waals surface area contributed by atoms with E-state index in [1.807, 2.05) is 0 Å². The molecule has 5 heteroatoms. The van der Waals surface area contributed by atoms with Crippen LogP contribution in [-0.4, -0.2) is 20.4 Å². The number of aromatic nitrogens is 2. The fourth-order valence-corrected chi connectivity index (χ4v) is 1.81. The highest BCUT2D eigenvalue weighted by molar-refractivity contribution is 7.05. The van der Waals surface area contributed by atoms with Gasteiger partial charge in [-0.3, -0.25) is 4.79 Å². The van der Waals surface area contributed by atoms with Crippen molar-refractivity contribution < 1.29 is 9.90 Å². The van der Waals surface area contributed by atoms with Crippen molar-refractivity contribution in [2.24, 2.45) is 0 Å². The van der Waals surface area contributed by atoms with Crippen LogP contribution in [-0.2, 0) is 4.79 Å². The number of carboxylic acid groups (broad SMARTS) is 1. The largest absolute Gasteiger partial charge is 0.481 e. The van der Waals surface area contributed by atoms with E-state index in [2.05, 4.69) is 9.36 Å². The summed E-state index contributed by atoms with van der Waals surface area (Å²) in [6.07, 6.45) is 2.30. The van der Waals surface area contributed by atoms with Crippen LogP contribution in [0.25, 0.3) is 0 Å². The number of nitrogens with zero attached hydrogens (tertiary/aromatic N) is 2. The van der Waals surface area contributed by atoms with Crippen LogP contribution in [0.3, 0.4) is 0 Å². The molecule has 1 aromatic heterocycles. The van der Waals surface area contributed by atoms with Crippen LogP contribution in [0, 0.1) is 0 Å². The highest BCUT2D eigenvalue weighted by Crippen LogP contribution is 2.39. The molecule has 1 atom stereocenters. The number of hydrogen-bond donors (Lipinski definition) is 1. The lowest BCUT2D eigenvalue weighted by atomic mass is 10.2. The standard InChI is InChI=1S/C8H10N2O2S/c1-4(8(11)12)7-9-6(10-13-7)5-2-3-5/h4-5H,2-3H2,1H3,(H,11,12). The van der Waals surface area contributed by atoms with E-state index < -0.39 is 11.9 Å². The average Bonchev–Trinajstić information content (AvgIpc) is 2.83. The zero-order chi connectivity index (χ0) is 9.42. The Morgan fingerprint density at radius 2 is 2.38 bits per heavy atom. The lowest BCUT2D eigenvalue weighted by Gasteiger charge is -1.97. The Balaban J connectivity index is 2.16. The predicted molar refractivity (Wildman–Crippen MR) is 47.9 cm³/mol. The normalized spacial score (nSPS) is 18.5. The first-order chi connectivity index (χ1) is 6.18. The van der Waals surface area contributed by atoms with Crippen molar-refractivity contribution in [1.29, 1.82) is 0 Å². The van der Waals surface area contributed by atoms with E-state index in [-0.39, 0.29) is 0 Å². The quantitative estimate of drug-likeness (QED) is 0.801. The van der Waals surface area contributed by atoms with E-state index in [9.17, 15) is 4.79 Å². The fraction of sp³-hybridized carbons (Fsp3) is 0.625. The van der Waals surface area contributed by atoms with Crippen LogP contribution in [0.4, 0.5) is 0 Å². The predicted octanol–water partition coefficient (Wildman–Crippen LogP) is 1.60. The lowest BCUT2D eigenvalue weighted by molar-refractivity contribution is -0.138. The maximum absolute atomic E-state index is 10.6. The molecule has 0 aliphatic heterocycles. The van der Waals surface area contributed by atoms with Gasteiger partial charge in [0.15, 0.2) is 0 Å². The van der Waals surface area contributed by atoms with Gasteiger partial charge in [0.2, 0.25) is 0 Å². The van der Waals surface area contributed by atoms with E-state index in [4.69, 9.17) is 5.11 Å². The van der Waals surface area contributed by atoms with Crippen LogP contribution >= 0.6 is 11.5 Å². The third kappa shape index (κ3) is 1.70. The monoisotopic (exact) mass is 198 g/mol. The summed E-state index contributed by atoms with van der Waals surface area (Å²) in [5.74, 6) is -0.0115. The molecule has 0 spiro atoms. The second-order valence-corrected chi connectivity index (χ2v) is 4.11. The molecule has 1 unspecified atom stereocenters. The molecule has 1 aliphatic rings. The molecule has 4 nitrogen and oxygen atoms in total. The maximum Gasteiger partial charge on any atom is 0.313 e. The molecule has 1 heterocycles. The molecule has 0 bridgehead atoms.